The first-order valence-corrected chi connectivity index (χ1v) is 7.65. The van der Waals surface area contributed by atoms with Crippen LogP contribution < -0.4 is 5.73 Å². The number of nitrogens with two attached hydrogens (primary N) is 1. The van der Waals surface area contributed by atoms with E-state index in [0.29, 0.717) is 0 Å². The Bertz CT molecular complexity index is 482. The molecule has 0 bridgehead atoms. The van der Waals surface area contributed by atoms with Gasteiger partial charge < -0.3 is 15.2 Å². The fraction of sp³-hybridized carbons (Fsp3) is 0.733. The molecule has 1 aromatic rings. The van der Waals surface area contributed by atoms with Gasteiger partial charge in [-0.05, 0) is 20.3 Å². The van der Waals surface area contributed by atoms with Crippen molar-refractivity contribution in [3.63, 3.8) is 0 Å². The number of hydrogen-bond acceptors (Lipinski definition) is 5. The molecule has 7 heteroatoms. The van der Waals surface area contributed by atoms with Gasteiger partial charge in [0.25, 0.3) is 0 Å². The van der Waals surface area contributed by atoms with Crippen molar-refractivity contribution in [2.24, 2.45) is 5.73 Å². The minimum atomic E-state index is -0.736. The maximum Gasteiger partial charge on any atom is 0.242 e. The highest BCUT2D eigenvalue weighted by molar-refractivity contribution is 5.86. The summed E-state index contributed by atoms with van der Waals surface area (Å²) in [5, 5.41) is 4.01. The number of carbonyl (C=O) groups is 1. The highest BCUT2D eigenvalue weighted by atomic mass is 35.5. The van der Waals surface area contributed by atoms with Crippen LogP contribution in [0, 0.1) is 6.92 Å². The van der Waals surface area contributed by atoms with E-state index in [1.807, 2.05) is 24.8 Å². The summed E-state index contributed by atoms with van der Waals surface area (Å²) in [5.74, 6) is 0.901. The van der Waals surface area contributed by atoms with Crippen molar-refractivity contribution >= 4 is 18.3 Å². The molecule has 126 valence electrons. The zero-order valence-electron chi connectivity index (χ0n) is 13.7. The van der Waals surface area contributed by atoms with Gasteiger partial charge in [-0.15, -0.1) is 12.4 Å². The van der Waals surface area contributed by atoms with Crippen LogP contribution in [0.15, 0.2) is 10.6 Å². The van der Waals surface area contributed by atoms with Crippen molar-refractivity contribution in [3.8, 4) is 0 Å². The van der Waals surface area contributed by atoms with Crippen LogP contribution in [0.1, 0.15) is 38.1 Å². The average molecular weight is 331 g/mol. The van der Waals surface area contributed by atoms with Crippen LogP contribution in [-0.4, -0.2) is 52.6 Å². The molecule has 0 radical (unpaired) electrons. The van der Waals surface area contributed by atoms with Gasteiger partial charge in [0.1, 0.15) is 5.76 Å². The van der Waals surface area contributed by atoms with E-state index in [4.69, 9.17) is 10.3 Å². The van der Waals surface area contributed by atoms with E-state index in [2.05, 4.69) is 17.0 Å². The molecule has 1 amide bonds. The summed E-state index contributed by atoms with van der Waals surface area (Å²) in [6, 6.07) is 1.95. The number of hydrogen-bond donors (Lipinski definition) is 1. The summed E-state index contributed by atoms with van der Waals surface area (Å²) in [5.41, 5.74) is 6.35. The zero-order chi connectivity index (χ0) is 15.5. The molecule has 1 aromatic heterocycles. The van der Waals surface area contributed by atoms with Gasteiger partial charge in [-0.2, -0.15) is 0 Å². The molecule has 2 heterocycles. The topological polar surface area (TPSA) is 75.6 Å². The van der Waals surface area contributed by atoms with Crippen molar-refractivity contribution < 1.29 is 9.32 Å². The summed E-state index contributed by atoms with van der Waals surface area (Å²) in [7, 11) is 0. The SMILES string of the molecule is CCCC(C)(N)C(=O)N1CCN(Cc2cc(C)on2)CC1.Cl. The maximum absolute atomic E-state index is 12.4. The third kappa shape index (κ3) is 4.69. The van der Waals surface area contributed by atoms with Crippen LogP contribution in [0.2, 0.25) is 0 Å². The quantitative estimate of drug-likeness (QED) is 0.886. The third-order valence-electron chi connectivity index (χ3n) is 3.98. The zero-order valence-corrected chi connectivity index (χ0v) is 14.5. The minimum absolute atomic E-state index is 0. The highest BCUT2D eigenvalue weighted by Gasteiger charge is 2.33. The highest BCUT2D eigenvalue weighted by Crippen LogP contribution is 2.15. The molecule has 2 N–H and O–H groups in total. The van der Waals surface area contributed by atoms with Gasteiger partial charge in [-0.3, -0.25) is 9.69 Å². The van der Waals surface area contributed by atoms with Crippen molar-refractivity contribution in [1.82, 2.24) is 15.0 Å². The molecule has 22 heavy (non-hydrogen) atoms. The van der Waals surface area contributed by atoms with Crippen LogP contribution in [0.3, 0.4) is 0 Å². The molecule has 1 unspecified atom stereocenters. The number of rotatable bonds is 5. The Morgan fingerprint density at radius 2 is 2.05 bits per heavy atom. The molecule has 0 spiro atoms. The second kappa shape index (κ2) is 7.94. The van der Waals surface area contributed by atoms with Crippen LogP contribution >= 0.6 is 12.4 Å². The number of aryl methyl sites for hydroxylation is 1. The molecular formula is C15H27ClN4O2. The Morgan fingerprint density at radius 1 is 1.41 bits per heavy atom. The van der Waals surface area contributed by atoms with Crippen LogP contribution in [0.5, 0.6) is 0 Å². The lowest BCUT2D eigenvalue weighted by molar-refractivity contribution is -0.138. The predicted octanol–water partition coefficient (Wildman–Crippen LogP) is 1.57. The largest absolute Gasteiger partial charge is 0.361 e. The lowest BCUT2D eigenvalue weighted by Gasteiger charge is -2.38. The van der Waals surface area contributed by atoms with Gasteiger partial charge in [-0.25, -0.2) is 0 Å². The fourth-order valence-electron chi connectivity index (χ4n) is 2.82. The van der Waals surface area contributed by atoms with Crippen LogP contribution in [0.25, 0.3) is 0 Å². The Hall–Kier alpha value is -1.11. The number of nitrogens with zero attached hydrogens (tertiary/aromatic N) is 3. The summed E-state index contributed by atoms with van der Waals surface area (Å²) < 4.78 is 5.08. The number of halogens is 1. The van der Waals surface area contributed by atoms with Crippen LogP contribution in [0.4, 0.5) is 0 Å². The van der Waals surface area contributed by atoms with Crippen molar-refractivity contribution in [2.45, 2.75) is 45.7 Å². The van der Waals surface area contributed by atoms with Crippen molar-refractivity contribution in [3.05, 3.63) is 17.5 Å². The standard InChI is InChI=1S/C15H26N4O2.ClH/c1-4-5-15(3,16)14(20)19-8-6-18(7-9-19)11-13-10-12(2)21-17-13;/h10H,4-9,11,16H2,1-3H3;1H. The molecule has 1 fully saturated rings. The number of amides is 1. The van der Waals surface area contributed by atoms with Gasteiger partial charge in [0.15, 0.2) is 0 Å². The molecule has 1 atom stereocenters. The van der Waals surface area contributed by atoms with Crippen molar-refractivity contribution in [2.75, 3.05) is 26.2 Å². The first-order valence-electron chi connectivity index (χ1n) is 7.65. The smallest absolute Gasteiger partial charge is 0.242 e. The molecule has 0 aliphatic carbocycles. The second-order valence-electron chi connectivity index (χ2n) is 6.16. The van der Waals surface area contributed by atoms with E-state index < -0.39 is 5.54 Å². The lowest BCUT2D eigenvalue weighted by atomic mass is 9.95. The summed E-state index contributed by atoms with van der Waals surface area (Å²) in [6.45, 7) is 9.70. The molecule has 1 aliphatic rings. The molecule has 6 nitrogen and oxygen atoms in total. The summed E-state index contributed by atoms with van der Waals surface area (Å²) in [4.78, 5) is 16.6. The fourth-order valence-corrected chi connectivity index (χ4v) is 2.82. The number of piperazine rings is 1. The molecular weight excluding hydrogens is 304 g/mol. The van der Waals surface area contributed by atoms with E-state index in [1.165, 1.54) is 0 Å². The summed E-state index contributed by atoms with van der Waals surface area (Å²) >= 11 is 0. The molecule has 1 saturated heterocycles. The van der Waals surface area contributed by atoms with Gasteiger partial charge in [0.2, 0.25) is 5.91 Å². The molecule has 0 aromatic carbocycles. The van der Waals surface area contributed by atoms with Crippen LogP contribution in [-0.2, 0) is 11.3 Å². The van der Waals surface area contributed by atoms with Gasteiger partial charge in [0, 0.05) is 38.8 Å². The normalized spacial score (nSPS) is 18.6. The van der Waals surface area contributed by atoms with E-state index in [9.17, 15) is 4.79 Å². The first kappa shape index (κ1) is 18.9. The first-order chi connectivity index (χ1) is 9.92. The predicted molar refractivity (Wildman–Crippen MR) is 87.8 cm³/mol. The lowest BCUT2D eigenvalue weighted by Crippen LogP contribution is -2.58. The van der Waals surface area contributed by atoms with E-state index >= 15 is 0 Å². The van der Waals surface area contributed by atoms with Crippen molar-refractivity contribution in [1.29, 1.82) is 0 Å². The Morgan fingerprint density at radius 3 is 2.55 bits per heavy atom. The van der Waals surface area contributed by atoms with Gasteiger partial charge in [0.05, 0.1) is 11.2 Å². The Labute approximate surface area is 138 Å². The monoisotopic (exact) mass is 330 g/mol. The number of aromatic nitrogens is 1. The van der Waals surface area contributed by atoms with Gasteiger partial charge >= 0.3 is 0 Å². The summed E-state index contributed by atoms with van der Waals surface area (Å²) in [6.07, 6.45) is 1.65. The Kier molecular flexibility index (Phi) is 6.84. The molecule has 0 saturated carbocycles. The molecule has 1 aliphatic heterocycles. The second-order valence-corrected chi connectivity index (χ2v) is 6.16. The van der Waals surface area contributed by atoms with E-state index in [0.717, 1.165) is 57.0 Å². The minimum Gasteiger partial charge on any atom is -0.361 e. The van der Waals surface area contributed by atoms with E-state index in [1.54, 1.807) is 0 Å². The van der Waals surface area contributed by atoms with Gasteiger partial charge in [-0.1, -0.05) is 18.5 Å². The average Bonchev–Trinajstić information content (AvgIpc) is 2.84. The van der Waals surface area contributed by atoms with E-state index in [-0.39, 0.29) is 18.3 Å². The maximum atomic E-state index is 12.4. The Balaban J connectivity index is 0.00000242. The molecule has 2 rings (SSSR count). The third-order valence-corrected chi connectivity index (χ3v) is 3.98. The number of carbonyl (C=O) groups excluding carboxylic acids is 1.